The van der Waals surface area contributed by atoms with Crippen molar-refractivity contribution in [2.45, 2.75) is 25.0 Å². The van der Waals surface area contributed by atoms with E-state index in [0.717, 1.165) is 12.2 Å². The molecule has 2 unspecified atom stereocenters. The van der Waals surface area contributed by atoms with E-state index in [1.807, 2.05) is 0 Å². The van der Waals surface area contributed by atoms with Crippen LogP contribution in [0.3, 0.4) is 0 Å². The van der Waals surface area contributed by atoms with E-state index < -0.39 is 24.1 Å². The molecule has 0 aliphatic heterocycles. The highest BCUT2D eigenvalue weighted by Crippen LogP contribution is 2.04. The Hall–Kier alpha value is -1.66. The first-order chi connectivity index (χ1) is 8.49. The van der Waals surface area contributed by atoms with Crippen LogP contribution >= 0.6 is 0 Å². The monoisotopic (exact) mass is 258 g/mol. The molecule has 0 amide bonds. The third kappa shape index (κ3) is 8.49. The molecule has 0 aliphatic rings. The molecule has 0 aromatic rings. The summed E-state index contributed by atoms with van der Waals surface area (Å²) in [5.41, 5.74) is 0. The Balaban J connectivity index is 3.69. The van der Waals surface area contributed by atoms with E-state index in [-0.39, 0.29) is 26.1 Å². The zero-order valence-corrected chi connectivity index (χ0v) is 10.1. The number of hydrogen-bond donors (Lipinski definition) is 2. The predicted molar refractivity (Wildman–Crippen MR) is 63.6 cm³/mol. The van der Waals surface area contributed by atoms with E-state index in [4.69, 9.17) is 0 Å². The minimum atomic E-state index is -0.973. The number of aliphatic hydroxyl groups excluding tert-OH is 2. The Kier molecular flexibility index (Phi) is 8.51. The number of ether oxygens (including phenoxy) is 2. The van der Waals surface area contributed by atoms with Gasteiger partial charge in [0.2, 0.25) is 0 Å². The van der Waals surface area contributed by atoms with Crippen LogP contribution in [0, 0.1) is 0 Å². The molecule has 2 atom stereocenters. The summed E-state index contributed by atoms with van der Waals surface area (Å²) in [6.45, 7) is 6.24. The van der Waals surface area contributed by atoms with Crippen LogP contribution in [0.4, 0.5) is 0 Å². The second-order valence-electron chi connectivity index (χ2n) is 3.54. The highest BCUT2D eigenvalue weighted by atomic mass is 16.5. The Morgan fingerprint density at radius 3 is 2.17 bits per heavy atom. The van der Waals surface area contributed by atoms with Gasteiger partial charge in [0, 0.05) is 25.0 Å². The summed E-state index contributed by atoms with van der Waals surface area (Å²) in [5.74, 6) is -1.20. The highest BCUT2D eigenvalue weighted by Gasteiger charge is 2.13. The van der Waals surface area contributed by atoms with Crippen molar-refractivity contribution in [3.8, 4) is 0 Å². The van der Waals surface area contributed by atoms with Gasteiger partial charge in [-0.1, -0.05) is 13.2 Å². The highest BCUT2D eigenvalue weighted by molar-refractivity contribution is 5.81. The Bertz CT molecular complexity index is 299. The maximum Gasteiger partial charge on any atom is 0.330 e. The molecular weight excluding hydrogens is 240 g/mol. The van der Waals surface area contributed by atoms with E-state index in [2.05, 4.69) is 22.6 Å². The molecule has 0 fully saturated rings. The normalized spacial score (nSPS) is 13.2. The van der Waals surface area contributed by atoms with Gasteiger partial charge in [0.1, 0.15) is 6.61 Å². The molecule has 0 aromatic heterocycles. The topological polar surface area (TPSA) is 93.1 Å². The van der Waals surface area contributed by atoms with Crippen LogP contribution in [0.2, 0.25) is 0 Å². The minimum Gasteiger partial charge on any atom is -0.462 e. The number of aliphatic hydroxyl groups is 2. The molecule has 6 heteroatoms. The van der Waals surface area contributed by atoms with E-state index in [1.165, 1.54) is 0 Å². The van der Waals surface area contributed by atoms with Crippen LogP contribution in [0.15, 0.2) is 25.3 Å². The molecular formula is C12H18O6. The smallest absolute Gasteiger partial charge is 0.330 e. The number of rotatable bonds is 9. The van der Waals surface area contributed by atoms with E-state index in [1.54, 1.807) is 0 Å². The van der Waals surface area contributed by atoms with Crippen LogP contribution in [0.5, 0.6) is 0 Å². The lowest BCUT2D eigenvalue weighted by Gasteiger charge is -2.15. The summed E-state index contributed by atoms with van der Waals surface area (Å²) in [4.78, 5) is 21.4. The molecule has 0 heterocycles. The standard InChI is InChI=1S/C12H18O6/c1-3-11(15)17-6-5-9(13)7-10(14)8-18-12(16)4-2/h3-4,9-10,13-14H,1-2,5-8H2. The number of esters is 2. The summed E-state index contributed by atoms with van der Waals surface area (Å²) in [5, 5.41) is 18.9. The van der Waals surface area contributed by atoms with Crippen molar-refractivity contribution >= 4 is 11.9 Å². The quantitative estimate of drug-likeness (QED) is 0.445. The second-order valence-corrected chi connectivity index (χ2v) is 3.54. The molecule has 0 spiro atoms. The third-order valence-corrected chi connectivity index (χ3v) is 1.99. The lowest BCUT2D eigenvalue weighted by Crippen LogP contribution is -2.24. The Morgan fingerprint density at radius 2 is 1.61 bits per heavy atom. The van der Waals surface area contributed by atoms with Crippen molar-refractivity contribution in [3.05, 3.63) is 25.3 Å². The van der Waals surface area contributed by atoms with Gasteiger partial charge in [0.15, 0.2) is 0 Å². The zero-order valence-electron chi connectivity index (χ0n) is 10.1. The maximum atomic E-state index is 10.7. The van der Waals surface area contributed by atoms with Crippen LogP contribution in [0.25, 0.3) is 0 Å². The van der Waals surface area contributed by atoms with Gasteiger partial charge in [-0.15, -0.1) is 0 Å². The van der Waals surface area contributed by atoms with Gasteiger partial charge < -0.3 is 19.7 Å². The molecule has 0 saturated heterocycles. The fourth-order valence-electron chi connectivity index (χ4n) is 1.09. The fourth-order valence-corrected chi connectivity index (χ4v) is 1.09. The van der Waals surface area contributed by atoms with Gasteiger partial charge in [-0.05, 0) is 0 Å². The molecule has 102 valence electrons. The number of carbonyl (C=O) groups is 2. The predicted octanol–water partition coefficient (Wildman–Crippen LogP) is -0.0532. The summed E-state index contributed by atoms with van der Waals surface area (Å²) >= 11 is 0. The van der Waals surface area contributed by atoms with Crippen molar-refractivity contribution in [1.29, 1.82) is 0 Å². The average molecular weight is 258 g/mol. The molecule has 2 N–H and O–H groups in total. The molecule has 18 heavy (non-hydrogen) atoms. The summed E-state index contributed by atoms with van der Waals surface area (Å²) in [6, 6.07) is 0. The first-order valence-corrected chi connectivity index (χ1v) is 5.44. The van der Waals surface area contributed by atoms with Crippen molar-refractivity contribution in [3.63, 3.8) is 0 Å². The van der Waals surface area contributed by atoms with Gasteiger partial charge in [-0.2, -0.15) is 0 Å². The summed E-state index contributed by atoms with van der Waals surface area (Å²) in [6.07, 6.45) is 0.398. The maximum absolute atomic E-state index is 10.7. The van der Waals surface area contributed by atoms with Gasteiger partial charge in [0.25, 0.3) is 0 Å². The third-order valence-electron chi connectivity index (χ3n) is 1.99. The molecule has 0 saturated carbocycles. The zero-order chi connectivity index (χ0) is 14.0. The van der Waals surface area contributed by atoms with Crippen molar-refractivity contribution < 1.29 is 29.3 Å². The van der Waals surface area contributed by atoms with Gasteiger partial charge in [0.05, 0.1) is 18.8 Å². The minimum absolute atomic E-state index is 0.0239. The molecule has 0 aromatic carbocycles. The lowest BCUT2D eigenvalue weighted by atomic mass is 10.1. The Labute approximate surface area is 106 Å². The van der Waals surface area contributed by atoms with Crippen LogP contribution in [0.1, 0.15) is 12.8 Å². The SMILES string of the molecule is C=CC(=O)OCCC(O)CC(O)COC(=O)C=C. The van der Waals surface area contributed by atoms with Gasteiger partial charge >= 0.3 is 11.9 Å². The fraction of sp³-hybridized carbons (Fsp3) is 0.500. The van der Waals surface area contributed by atoms with Crippen LogP contribution in [-0.4, -0.2) is 47.6 Å². The summed E-state index contributed by atoms with van der Waals surface area (Å²) in [7, 11) is 0. The van der Waals surface area contributed by atoms with Crippen LogP contribution < -0.4 is 0 Å². The van der Waals surface area contributed by atoms with Gasteiger partial charge in [-0.25, -0.2) is 9.59 Å². The average Bonchev–Trinajstić information content (AvgIpc) is 2.35. The van der Waals surface area contributed by atoms with Crippen molar-refractivity contribution in [1.82, 2.24) is 0 Å². The summed E-state index contributed by atoms with van der Waals surface area (Å²) < 4.78 is 9.26. The molecule has 0 aliphatic carbocycles. The number of hydrogen-bond acceptors (Lipinski definition) is 6. The van der Waals surface area contributed by atoms with Gasteiger partial charge in [-0.3, -0.25) is 0 Å². The molecule has 0 radical (unpaired) electrons. The molecule has 0 bridgehead atoms. The molecule has 6 nitrogen and oxygen atoms in total. The first kappa shape index (κ1) is 16.3. The van der Waals surface area contributed by atoms with Crippen molar-refractivity contribution in [2.75, 3.05) is 13.2 Å². The van der Waals surface area contributed by atoms with Crippen LogP contribution in [-0.2, 0) is 19.1 Å². The lowest BCUT2D eigenvalue weighted by molar-refractivity contribution is -0.142. The largest absolute Gasteiger partial charge is 0.462 e. The van der Waals surface area contributed by atoms with Crippen molar-refractivity contribution in [2.24, 2.45) is 0 Å². The van der Waals surface area contributed by atoms with E-state index >= 15 is 0 Å². The van der Waals surface area contributed by atoms with E-state index in [9.17, 15) is 19.8 Å². The van der Waals surface area contributed by atoms with E-state index in [0.29, 0.717) is 0 Å². The second kappa shape index (κ2) is 9.38. The molecule has 0 rings (SSSR count). The number of carbonyl (C=O) groups excluding carboxylic acids is 2. The Morgan fingerprint density at radius 1 is 1.06 bits per heavy atom. The first-order valence-electron chi connectivity index (χ1n) is 5.44.